The number of sulfone groups is 1. The van der Waals surface area contributed by atoms with Crippen molar-refractivity contribution in [1.82, 2.24) is 4.31 Å². The fourth-order valence-electron chi connectivity index (χ4n) is 2.77. The summed E-state index contributed by atoms with van der Waals surface area (Å²) in [5.41, 5.74) is 0.506. The summed E-state index contributed by atoms with van der Waals surface area (Å²) in [6.07, 6.45) is 0.922. The fourth-order valence-corrected chi connectivity index (χ4v) is 6.34. The van der Waals surface area contributed by atoms with Crippen LogP contribution < -0.4 is 5.32 Å². The molecular weight excluding hydrogens is 352 g/mol. The van der Waals surface area contributed by atoms with Crippen molar-refractivity contribution in [2.24, 2.45) is 0 Å². The monoisotopic (exact) mass is 374 g/mol. The topological polar surface area (TPSA) is 101 Å². The first kappa shape index (κ1) is 18.9. The minimum absolute atomic E-state index is 0.0227. The van der Waals surface area contributed by atoms with Gasteiger partial charge >= 0.3 is 0 Å². The molecule has 1 aliphatic rings. The zero-order chi connectivity index (χ0) is 18.0. The van der Waals surface area contributed by atoms with E-state index in [2.05, 4.69) is 5.32 Å². The lowest BCUT2D eigenvalue weighted by Crippen LogP contribution is -2.41. The molecule has 1 saturated heterocycles. The third-order valence-corrected chi connectivity index (χ3v) is 7.56. The van der Waals surface area contributed by atoms with E-state index in [1.54, 1.807) is 0 Å². The van der Waals surface area contributed by atoms with Crippen LogP contribution in [0.5, 0.6) is 0 Å². The number of carbonyl (C=O) groups is 1. The molecule has 134 valence electrons. The van der Waals surface area contributed by atoms with Gasteiger partial charge < -0.3 is 5.32 Å². The van der Waals surface area contributed by atoms with Crippen LogP contribution in [0.15, 0.2) is 29.2 Å². The molecule has 0 aromatic heterocycles. The van der Waals surface area contributed by atoms with Crippen LogP contribution in [-0.2, 0) is 24.7 Å². The third kappa shape index (κ3) is 4.34. The molecule has 1 amide bonds. The molecule has 1 fully saturated rings. The molecule has 9 heteroatoms. The molecular formula is C15H22N2O5S2. The Labute approximate surface area is 143 Å². The van der Waals surface area contributed by atoms with Gasteiger partial charge in [-0.15, -0.1) is 0 Å². The summed E-state index contributed by atoms with van der Waals surface area (Å²) in [4.78, 5) is 11.1. The Bertz CT molecular complexity index is 801. The largest absolute Gasteiger partial charge is 0.326 e. The molecule has 1 heterocycles. The van der Waals surface area contributed by atoms with Crippen molar-refractivity contribution < 1.29 is 21.6 Å². The molecule has 1 aromatic carbocycles. The predicted molar refractivity (Wildman–Crippen MR) is 92.0 cm³/mol. The first-order valence-electron chi connectivity index (χ1n) is 7.75. The number of hydrogen-bond donors (Lipinski definition) is 1. The molecule has 0 bridgehead atoms. The molecule has 1 atom stereocenters. The van der Waals surface area contributed by atoms with E-state index in [1.807, 2.05) is 6.92 Å². The van der Waals surface area contributed by atoms with Crippen molar-refractivity contribution in [3.8, 4) is 0 Å². The van der Waals surface area contributed by atoms with Gasteiger partial charge in [-0.2, -0.15) is 4.31 Å². The van der Waals surface area contributed by atoms with Crippen LogP contribution in [0.1, 0.15) is 26.7 Å². The Hall–Kier alpha value is -1.45. The number of hydrogen-bond acceptors (Lipinski definition) is 5. The van der Waals surface area contributed by atoms with Crippen LogP contribution in [-0.4, -0.2) is 51.1 Å². The first-order valence-corrected chi connectivity index (χ1v) is 11.0. The highest BCUT2D eigenvalue weighted by Crippen LogP contribution is 2.26. The van der Waals surface area contributed by atoms with Gasteiger partial charge in [-0.3, -0.25) is 4.79 Å². The maximum Gasteiger partial charge on any atom is 0.243 e. The smallest absolute Gasteiger partial charge is 0.243 e. The van der Waals surface area contributed by atoms with Gasteiger partial charge in [0.1, 0.15) is 0 Å². The molecule has 0 saturated carbocycles. The van der Waals surface area contributed by atoms with Crippen LogP contribution in [0.2, 0.25) is 0 Å². The fraction of sp³-hybridized carbons (Fsp3) is 0.533. The van der Waals surface area contributed by atoms with E-state index < -0.39 is 25.9 Å². The van der Waals surface area contributed by atoms with E-state index in [0.29, 0.717) is 18.5 Å². The van der Waals surface area contributed by atoms with Crippen LogP contribution >= 0.6 is 0 Å². The van der Waals surface area contributed by atoms with Gasteiger partial charge in [-0.1, -0.05) is 6.92 Å². The summed E-state index contributed by atoms with van der Waals surface area (Å²) >= 11 is 0. The summed E-state index contributed by atoms with van der Waals surface area (Å²) in [5, 5.41) is 2.58. The minimum Gasteiger partial charge on any atom is -0.326 e. The summed E-state index contributed by atoms with van der Waals surface area (Å²) in [7, 11) is -6.96. The van der Waals surface area contributed by atoms with Crippen molar-refractivity contribution >= 4 is 31.5 Å². The lowest BCUT2D eigenvalue weighted by atomic mass is 10.2. The van der Waals surface area contributed by atoms with Crippen molar-refractivity contribution in [3.63, 3.8) is 0 Å². The molecule has 1 unspecified atom stereocenters. The van der Waals surface area contributed by atoms with Gasteiger partial charge in [-0.05, 0) is 37.1 Å². The number of benzene rings is 1. The molecule has 1 N–H and O–H groups in total. The van der Waals surface area contributed by atoms with E-state index in [9.17, 15) is 21.6 Å². The zero-order valence-corrected chi connectivity index (χ0v) is 15.4. The van der Waals surface area contributed by atoms with Gasteiger partial charge in [0.05, 0.1) is 16.4 Å². The van der Waals surface area contributed by atoms with Crippen LogP contribution in [0.4, 0.5) is 5.69 Å². The number of nitrogens with zero attached hydrogens (tertiary/aromatic N) is 1. The molecule has 0 radical (unpaired) electrons. The number of anilines is 1. The number of sulfonamides is 1. The Morgan fingerprint density at radius 3 is 2.38 bits per heavy atom. The van der Waals surface area contributed by atoms with Gasteiger partial charge in [0.2, 0.25) is 15.9 Å². The molecule has 7 nitrogen and oxygen atoms in total. The van der Waals surface area contributed by atoms with Crippen molar-refractivity contribution in [2.75, 3.05) is 23.4 Å². The van der Waals surface area contributed by atoms with E-state index >= 15 is 0 Å². The van der Waals surface area contributed by atoms with Gasteiger partial charge in [0.15, 0.2) is 9.84 Å². The van der Waals surface area contributed by atoms with Gasteiger partial charge in [0, 0.05) is 25.2 Å². The second-order valence-electron chi connectivity index (χ2n) is 5.88. The summed E-state index contributed by atoms with van der Waals surface area (Å²) < 4.78 is 50.5. The van der Waals surface area contributed by atoms with Gasteiger partial charge in [-0.25, -0.2) is 16.8 Å². The van der Waals surface area contributed by atoms with Gasteiger partial charge in [0.25, 0.3) is 0 Å². The number of carbonyl (C=O) groups excluding carboxylic acids is 1. The Kier molecular flexibility index (Phi) is 5.67. The van der Waals surface area contributed by atoms with Crippen molar-refractivity contribution in [3.05, 3.63) is 24.3 Å². The van der Waals surface area contributed by atoms with E-state index in [0.717, 1.165) is 0 Å². The predicted octanol–water partition coefficient (Wildman–Crippen LogP) is 1.23. The highest BCUT2D eigenvalue weighted by molar-refractivity contribution is 7.92. The lowest BCUT2D eigenvalue weighted by molar-refractivity contribution is -0.114. The SMILES string of the molecule is CCCN(C1CCS(=O)(=O)C1)S(=O)(=O)c1ccc(NC(C)=O)cc1. The zero-order valence-electron chi connectivity index (χ0n) is 13.7. The maximum atomic E-state index is 12.9. The molecule has 24 heavy (non-hydrogen) atoms. The molecule has 1 aromatic rings. The minimum atomic E-state index is -3.79. The van der Waals surface area contributed by atoms with Crippen molar-refractivity contribution in [1.29, 1.82) is 0 Å². The molecule has 2 rings (SSSR count). The van der Waals surface area contributed by atoms with E-state index in [4.69, 9.17) is 0 Å². The average Bonchev–Trinajstić information content (AvgIpc) is 2.84. The second kappa shape index (κ2) is 7.20. The summed E-state index contributed by atoms with van der Waals surface area (Å²) in [6.45, 7) is 3.50. The first-order chi connectivity index (χ1) is 11.2. The Balaban J connectivity index is 2.29. The van der Waals surface area contributed by atoms with E-state index in [1.165, 1.54) is 35.5 Å². The third-order valence-electron chi connectivity index (χ3n) is 3.84. The molecule has 0 aliphatic carbocycles. The number of rotatable bonds is 6. The van der Waals surface area contributed by atoms with E-state index in [-0.39, 0.29) is 28.9 Å². The molecule has 1 aliphatic heterocycles. The van der Waals surface area contributed by atoms with Crippen molar-refractivity contribution in [2.45, 2.75) is 37.6 Å². The Morgan fingerprint density at radius 2 is 1.92 bits per heavy atom. The number of amides is 1. The lowest BCUT2D eigenvalue weighted by Gasteiger charge is -2.27. The Morgan fingerprint density at radius 1 is 1.29 bits per heavy atom. The average molecular weight is 374 g/mol. The quantitative estimate of drug-likeness (QED) is 0.807. The highest BCUT2D eigenvalue weighted by Gasteiger charge is 2.38. The molecule has 0 spiro atoms. The summed E-state index contributed by atoms with van der Waals surface area (Å²) in [6, 6.07) is 5.36. The van der Waals surface area contributed by atoms with Crippen LogP contribution in [0.25, 0.3) is 0 Å². The summed E-state index contributed by atoms with van der Waals surface area (Å²) in [5.74, 6) is -0.347. The normalized spacial score (nSPS) is 20.2. The highest BCUT2D eigenvalue weighted by atomic mass is 32.2. The van der Waals surface area contributed by atoms with Crippen LogP contribution in [0, 0.1) is 0 Å². The van der Waals surface area contributed by atoms with Crippen LogP contribution in [0.3, 0.4) is 0 Å². The second-order valence-corrected chi connectivity index (χ2v) is 10.00. The standard InChI is InChI=1S/C15H22N2O5S2/c1-3-9-17(14-8-10-23(19,20)11-14)24(21,22)15-6-4-13(5-7-15)16-12(2)18/h4-7,14H,3,8-11H2,1-2H3,(H,16,18). The number of nitrogens with one attached hydrogen (secondary N) is 1. The maximum absolute atomic E-state index is 12.9.